The van der Waals surface area contributed by atoms with Crippen LogP contribution in [-0.2, 0) is 4.79 Å². The number of fused-ring (bicyclic) bond motifs is 2. The fourth-order valence-electron chi connectivity index (χ4n) is 2.55. The molecule has 0 unspecified atom stereocenters. The standard InChI is InChI=1S/C18H13N3O3/c22-17-10-24-16-8-6-12(9-15(16)21-17)19-18(23)14-7-5-11-3-1-2-4-13(11)20-14/h1-9H,10H2,(H,19,23)(H,21,22). The molecule has 2 amide bonds. The summed E-state index contributed by atoms with van der Waals surface area (Å²) < 4.78 is 5.29. The summed E-state index contributed by atoms with van der Waals surface area (Å²) in [7, 11) is 0. The molecule has 4 rings (SSSR count). The lowest BCUT2D eigenvalue weighted by atomic mass is 10.2. The van der Waals surface area contributed by atoms with Crippen molar-refractivity contribution in [3.63, 3.8) is 0 Å². The number of nitrogens with one attached hydrogen (secondary N) is 2. The van der Waals surface area contributed by atoms with Gasteiger partial charge in [-0.2, -0.15) is 0 Å². The number of carbonyl (C=O) groups excluding carboxylic acids is 2. The summed E-state index contributed by atoms with van der Waals surface area (Å²) >= 11 is 0. The fourth-order valence-corrected chi connectivity index (χ4v) is 2.55. The largest absolute Gasteiger partial charge is 0.482 e. The highest BCUT2D eigenvalue weighted by Crippen LogP contribution is 2.30. The molecule has 2 aromatic carbocycles. The van der Waals surface area contributed by atoms with Crippen LogP contribution in [0.5, 0.6) is 5.75 Å². The van der Waals surface area contributed by atoms with Crippen molar-refractivity contribution in [2.45, 2.75) is 0 Å². The van der Waals surface area contributed by atoms with E-state index in [0.29, 0.717) is 22.8 Å². The van der Waals surface area contributed by atoms with Gasteiger partial charge in [0.2, 0.25) is 0 Å². The molecule has 2 N–H and O–H groups in total. The monoisotopic (exact) mass is 319 g/mol. The van der Waals surface area contributed by atoms with E-state index >= 15 is 0 Å². The maximum atomic E-state index is 12.4. The zero-order valence-corrected chi connectivity index (χ0v) is 12.6. The van der Waals surface area contributed by atoms with Crippen molar-refractivity contribution in [1.29, 1.82) is 0 Å². The maximum Gasteiger partial charge on any atom is 0.274 e. The molecule has 1 aliphatic rings. The van der Waals surface area contributed by atoms with Crippen LogP contribution >= 0.6 is 0 Å². The Balaban J connectivity index is 1.59. The Labute approximate surface area is 137 Å². The highest BCUT2D eigenvalue weighted by atomic mass is 16.5. The van der Waals surface area contributed by atoms with Crippen LogP contribution in [0.4, 0.5) is 11.4 Å². The van der Waals surface area contributed by atoms with Crippen molar-refractivity contribution in [1.82, 2.24) is 4.98 Å². The molecule has 118 valence electrons. The van der Waals surface area contributed by atoms with E-state index in [9.17, 15) is 9.59 Å². The number of carbonyl (C=O) groups is 2. The number of ether oxygens (including phenoxy) is 1. The van der Waals surface area contributed by atoms with Crippen molar-refractivity contribution < 1.29 is 14.3 Å². The Morgan fingerprint density at radius 2 is 2.00 bits per heavy atom. The molecular weight excluding hydrogens is 306 g/mol. The number of pyridine rings is 1. The van der Waals surface area contributed by atoms with Gasteiger partial charge in [0.05, 0.1) is 11.2 Å². The van der Waals surface area contributed by atoms with E-state index < -0.39 is 0 Å². The number of para-hydroxylation sites is 1. The minimum atomic E-state index is -0.316. The normalized spacial score (nSPS) is 12.9. The third kappa shape index (κ3) is 2.65. The summed E-state index contributed by atoms with van der Waals surface area (Å²) in [5.74, 6) is 0.0439. The Hall–Kier alpha value is -3.41. The Morgan fingerprint density at radius 1 is 1.12 bits per heavy atom. The van der Waals surface area contributed by atoms with E-state index in [0.717, 1.165) is 10.9 Å². The first-order chi connectivity index (χ1) is 11.7. The summed E-state index contributed by atoms with van der Waals surface area (Å²) in [5.41, 5.74) is 2.18. The molecule has 24 heavy (non-hydrogen) atoms. The van der Waals surface area contributed by atoms with Crippen LogP contribution in [0.2, 0.25) is 0 Å². The Bertz CT molecular complexity index is 969. The Morgan fingerprint density at radius 3 is 2.92 bits per heavy atom. The SMILES string of the molecule is O=C1COc2ccc(NC(=O)c3ccc4ccccc4n3)cc2N1. The molecule has 0 atom stereocenters. The van der Waals surface area contributed by atoms with Gasteiger partial charge in [-0.05, 0) is 30.3 Å². The molecule has 1 aromatic heterocycles. The van der Waals surface area contributed by atoms with E-state index in [1.807, 2.05) is 30.3 Å². The molecule has 1 aliphatic heterocycles. The van der Waals surface area contributed by atoms with Crippen LogP contribution in [0.1, 0.15) is 10.5 Å². The number of rotatable bonds is 2. The van der Waals surface area contributed by atoms with Gasteiger partial charge in [-0.15, -0.1) is 0 Å². The molecule has 3 aromatic rings. The van der Waals surface area contributed by atoms with Crippen molar-refractivity contribution in [3.8, 4) is 5.75 Å². The van der Waals surface area contributed by atoms with Gasteiger partial charge in [-0.25, -0.2) is 4.98 Å². The molecular formula is C18H13N3O3. The van der Waals surface area contributed by atoms with Gasteiger partial charge in [0, 0.05) is 11.1 Å². The third-order valence-electron chi connectivity index (χ3n) is 3.70. The minimum Gasteiger partial charge on any atom is -0.482 e. The molecule has 0 spiro atoms. The maximum absolute atomic E-state index is 12.4. The molecule has 0 fully saturated rings. The molecule has 0 saturated heterocycles. The molecule has 2 heterocycles. The van der Waals surface area contributed by atoms with Gasteiger partial charge in [-0.3, -0.25) is 9.59 Å². The number of amides is 2. The summed E-state index contributed by atoms with van der Waals surface area (Å²) in [6.07, 6.45) is 0. The van der Waals surface area contributed by atoms with Crippen molar-refractivity contribution in [2.75, 3.05) is 17.2 Å². The van der Waals surface area contributed by atoms with Crippen LogP contribution in [0, 0.1) is 0 Å². The van der Waals surface area contributed by atoms with Crippen molar-refractivity contribution >= 4 is 34.1 Å². The molecule has 6 heteroatoms. The van der Waals surface area contributed by atoms with Gasteiger partial charge in [0.15, 0.2) is 6.61 Å². The van der Waals surface area contributed by atoms with E-state index in [1.165, 1.54) is 0 Å². The number of nitrogens with zero attached hydrogens (tertiary/aromatic N) is 1. The topological polar surface area (TPSA) is 80.3 Å². The lowest BCUT2D eigenvalue weighted by Crippen LogP contribution is -2.25. The van der Waals surface area contributed by atoms with Gasteiger partial charge in [0.25, 0.3) is 11.8 Å². The van der Waals surface area contributed by atoms with E-state index in [2.05, 4.69) is 15.6 Å². The van der Waals surface area contributed by atoms with Crippen LogP contribution in [-0.4, -0.2) is 23.4 Å². The van der Waals surface area contributed by atoms with Crippen LogP contribution in [0.25, 0.3) is 10.9 Å². The van der Waals surface area contributed by atoms with Gasteiger partial charge in [0.1, 0.15) is 11.4 Å². The first-order valence-electron chi connectivity index (χ1n) is 7.43. The number of benzene rings is 2. The highest BCUT2D eigenvalue weighted by molar-refractivity contribution is 6.05. The number of hydrogen-bond donors (Lipinski definition) is 2. The second kappa shape index (κ2) is 5.66. The number of hydrogen-bond acceptors (Lipinski definition) is 4. The molecule has 6 nitrogen and oxygen atoms in total. The van der Waals surface area contributed by atoms with Crippen LogP contribution in [0.15, 0.2) is 54.6 Å². The second-order valence-corrected chi connectivity index (χ2v) is 5.39. The van der Waals surface area contributed by atoms with Gasteiger partial charge >= 0.3 is 0 Å². The summed E-state index contributed by atoms with van der Waals surface area (Å²) in [6.45, 7) is -0.000282. The summed E-state index contributed by atoms with van der Waals surface area (Å²) in [5, 5.41) is 6.46. The predicted octanol–water partition coefficient (Wildman–Crippen LogP) is 2.82. The predicted molar refractivity (Wildman–Crippen MR) is 90.3 cm³/mol. The molecule has 0 saturated carbocycles. The smallest absolute Gasteiger partial charge is 0.274 e. The van der Waals surface area contributed by atoms with Crippen LogP contribution in [0.3, 0.4) is 0 Å². The lowest BCUT2D eigenvalue weighted by Gasteiger charge is -2.18. The van der Waals surface area contributed by atoms with Gasteiger partial charge < -0.3 is 15.4 Å². The Kier molecular flexibility index (Phi) is 3.35. The quantitative estimate of drug-likeness (QED) is 0.761. The molecule has 0 radical (unpaired) electrons. The first kappa shape index (κ1) is 14.2. The average molecular weight is 319 g/mol. The van der Waals surface area contributed by atoms with E-state index in [-0.39, 0.29) is 18.4 Å². The minimum absolute atomic E-state index is 0.000282. The fraction of sp³-hybridized carbons (Fsp3) is 0.0556. The van der Waals surface area contributed by atoms with Crippen LogP contribution < -0.4 is 15.4 Å². The average Bonchev–Trinajstić information content (AvgIpc) is 2.61. The van der Waals surface area contributed by atoms with Crippen molar-refractivity contribution in [2.24, 2.45) is 0 Å². The number of anilines is 2. The third-order valence-corrected chi connectivity index (χ3v) is 3.70. The second-order valence-electron chi connectivity index (χ2n) is 5.39. The van der Waals surface area contributed by atoms with Crippen molar-refractivity contribution in [3.05, 3.63) is 60.3 Å². The van der Waals surface area contributed by atoms with E-state index in [1.54, 1.807) is 24.3 Å². The lowest BCUT2D eigenvalue weighted by molar-refractivity contribution is -0.118. The molecule has 0 aliphatic carbocycles. The zero-order valence-electron chi connectivity index (χ0n) is 12.6. The highest BCUT2D eigenvalue weighted by Gasteiger charge is 2.17. The first-order valence-corrected chi connectivity index (χ1v) is 7.43. The van der Waals surface area contributed by atoms with E-state index in [4.69, 9.17) is 4.74 Å². The summed E-state index contributed by atoms with van der Waals surface area (Å²) in [4.78, 5) is 28.1. The molecule has 0 bridgehead atoms. The number of aromatic nitrogens is 1. The van der Waals surface area contributed by atoms with Gasteiger partial charge in [-0.1, -0.05) is 24.3 Å². The summed E-state index contributed by atoms with van der Waals surface area (Å²) in [6, 6.07) is 16.2. The zero-order chi connectivity index (χ0) is 16.5.